The van der Waals surface area contributed by atoms with Gasteiger partial charge in [0.25, 0.3) is 0 Å². The van der Waals surface area contributed by atoms with E-state index in [2.05, 4.69) is 37.1 Å². The van der Waals surface area contributed by atoms with Crippen LogP contribution < -0.4 is 5.32 Å². The molecule has 0 saturated heterocycles. The summed E-state index contributed by atoms with van der Waals surface area (Å²) in [5, 5.41) is 3.62. The van der Waals surface area contributed by atoms with Gasteiger partial charge in [-0.2, -0.15) is 0 Å². The molecule has 2 heteroatoms. The summed E-state index contributed by atoms with van der Waals surface area (Å²) < 4.78 is 0. The number of hydrogen-bond donors (Lipinski definition) is 1. The van der Waals surface area contributed by atoms with Crippen LogP contribution in [0.5, 0.6) is 0 Å². The number of nitrogens with zero attached hydrogens (tertiary/aromatic N) is 1. The molecule has 0 saturated carbocycles. The van der Waals surface area contributed by atoms with Crippen LogP contribution in [0.4, 0.5) is 0 Å². The molecule has 0 aliphatic heterocycles. The van der Waals surface area contributed by atoms with Gasteiger partial charge in [0.05, 0.1) is 0 Å². The van der Waals surface area contributed by atoms with Gasteiger partial charge in [-0.1, -0.05) is 33.3 Å². The average Bonchev–Trinajstić information content (AvgIpc) is 2.36. The van der Waals surface area contributed by atoms with Crippen LogP contribution in [0.3, 0.4) is 0 Å². The molecule has 1 aromatic heterocycles. The Labute approximate surface area is 106 Å². The first kappa shape index (κ1) is 14.2. The lowest BCUT2D eigenvalue weighted by Gasteiger charge is -2.24. The molecule has 0 aliphatic rings. The molecule has 1 rings (SSSR count). The Hall–Kier alpha value is -0.890. The number of nitrogens with one attached hydrogen (secondary N) is 1. The summed E-state index contributed by atoms with van der Waals surface area (Å²) in [6, 6.07) is 4.83. The summed E-state index contributed by atoms with van der Waals surface area (Å²) in [7, 11) is 0. The highest BCUT2D eigenvalue weighted by molar-refractivity contribution is 5.08. The van der Waals surface area contributed by atoms with Gasteiger partial charge in [-0.05, 0) is 43.4 Å². The molecule has 0 aliphatic carbocycles. The first-order valence-corrected chi connectivity index (χ1v) is 6.90. The molecule has 1 N–H and O–H groups in total. The van der Waals surface area contributed by atoms with Crippen LogP contribution >= 0.6 is 0 Å². The van der Waals surface area contributed by atoms with E-state index in [0.717, 1.165) is 18.9 Å². The molecule has 0 fully saturated rings. The van der Waals surface area contributed by atoms with E-state index >= 15 is 0 Å². The topological polar surface area (TPSA) is 24.9 Å². The maximum Gasteiger partial charge on any atom is 0.0299 e. The van der Waals surface area contributed by atoms with Crippen molar-refractivity contribution in [2.24, 2.45) is 5.92 Å². The number of rotatable bonds is 8. The molecule has 1 aromatic rings. The van der Waals surface area contributed by atoms with Crippen molar-refractivity contribution < 1.29 is 0 Å². The molecule has 0 spiro atoms. The SMILES string of the molecule is CCCC(C)C(CCc1cccnc1)NCC. The molecule has 0 bridgehead atoms. The Morgan fingerprint density at radius 2 is 2.12 bits per heavy atom. The minimum Gasteiger partial charge on any atom is -0.314 e. The first-order valence-electron chi connectivity index (χ1n) is 6.90. The summed E-state index contributed by atoms with van der Waals surface area (Å²) >= 11 is 0. The highest BCUT2D eigenvalue weighted by atomic mass is 14.9. The molecule has 0 aromatic carbocycles. The smallest absolute Gasteiger partial charge is 0.0299 e. The van der Waals surface area contributed by atoms with Crippen molar-refractivity contribution in [3.8, 4) is 0 Å². The zero-order valence-electron chi connectivity index (χ0n) is 11.4. The van der Waals surface area contributed by atoms with Crippen molar-refractivity contribution in [1.82, 2.24) is 10.3 Å². The zero-order chi connectivity index (χ0) is 12.5. The Morgan fingerprint density at radius 1 is 1.29 bits per heavy atom. The molecule has 2 atom stereocenters. The van der Waals surface area contributed by atoms with E-state index < -0.39 is 0 Å². The maximum atomic E-state index is 4.17. The van der Waals surface area contributed by atoms with Gasteiger partial charge in [0, 0.05) is 18.4 Å². The van der Waals surface area contributed by atoms with Crippen LogP contribution in [0.1, 0.15) is 45.6 Å². The fraction of sp³-hybridized carbons (Fsp3) is 0.667. The van der Waals surface area contributed by atoms with E-state index in [1.54, 1.807) is 0 Å². The van der Waals surface area contributed by atoms with Crippen LogP contribution in [0.25, 0.3) is 0 Å². The van der Waals surface area contributed by atoms with Crippen molar-refractivity contribution in [2.45, 2.75) is 52.5 Å². The highest BCUT2D eigenvalue weighted by Crippen LogP contribution is 2.15. The fourth-order valence-electron chi connectivity index (χ4n) is 2.37. The predicted molar refractivity (Wildman–Crippen MR) is 74.1 cm³/mol. The fourth-order valence-corrected chi connectivity index (χ4v) is 2.37. The van der Waals surface area contributed by atoms with Crippen molar-refractivity contribution in [3.05, 3.63) is 30.1 Å². The molecule has 1 heterocycles. The summed E-state index contributed by atoms with van der Waals surface area (Å²) in [5.41, 5.74) is 1.35. The molecule has 96 valence electrons. The van der Waals surface area contributed by atoms with Crippen LogP contribution in [0, 0.1) is 5.92 Å². The molecule has 0 radical (unpaired) electrons. The number of aromatic nitrogens is 1. The minimum absolute atomic E-state index is 0.639. The first-order chi connectivity index (χ1) is 8.27. The van der Waals surface area contributed by atoms with Gasteiger partial charge >= 0.3 is 0 Å². The molecular formula is C15H26N2. The summed E-state index contributed by atoms with van der Waals surface area (Å²) in [4.78, 5) is 4.17. The molecule has 17 heavy (non-hydrogen) atoms. The Morgan fingerprint density at radius 3 is 2.71 bits per heavy atom. The maximum absolute atomic E-state index is 4.17. The average molecular weight is 234 g/mol. The lowest BCUT2D eigenvalue weighted by atomic mass is 9.92. The van der Waals surface area contributed by atoms with Gasteiger partial charge in [0.15, 0.2) is 0 Å². The minimum atomic E-state index is 0.639. The third-order valence-electron chi connectivity index (χ3n) is 3.36. The number of aryl methyl sites for hydroxylation is 1. The standard InChI is InChI=1S/C15H26N2/c1-4-7-13(3)15(17-5-2)10-9-14-8-6-11-16-12-14/h6,8,11-13,15,17H,4-5,7,9-10H2,1-3H3. The second kappa shape index (κ2) is 8.24. The van der Waals surface area contributed by atoms with Crippen LogP contribution in [0.2, 0.25) is 0 Å². The van der Waals surface area contributed by atoms with E-state index in [-0.39, 0.29) is 0 Å². The Balaban J connectivity index is 2.43. The largest absolute Gasteiger partial charge is 0.314 e. The molecule has 2 nitrogen and oxygen atoms in total. The summed E-state index contributed by atoms with van der Waals surface area (Å²) in [6.07, 6.45) is 8.74. The van der Waals surface area contributed by atoms with E-state index in [9.17, 15) is 0 Å². The van der Waals surface area contributed by atoms with Crippen LogP contribution in [-0.2, 0) is 6.42 Å². The van der Waals surface area contributed by atoms with Crippen LogP contribution in [0.15, 0.2) is 24.5 Å². The van der Waals surface area contributed by atoms with E-state index in [1.807, 2.05) is 18.5 Å². The highest BCUT2D eigenvalue weighted by Gasteiger charge is 2.15. The van der Waals surface area contributed by atoms with Gasteiger partial charge in [-0.25, -0.2) is 0 Å². The predicted octanol–water partition coefficient (Wildman–Crippen LogP) is 3.43. The second-order valence-corrected chi connectivity index (χ2v) is 4.83. The molecular weight excluding hydrogens is 208 g/mol. The Bertz CT molecular complexity index is 284. The van der Waals surface area contributed by atoms with Crippen molar-refractivity contribution in [3.63, 3.8) is 0 Å². The third kappa shape index (κ3) is 5.31. The van der Waals surface area contributed by atoms with E-state index in [4.69, 9.17) is 0 Å². The second-order valence-electron chi connectivity index (χ2n) is 4.83. The zero-order valence-corrected chi connectivity index (χ0v) is 11.4. The monoisotopic (exact) mass is 234 g/mol. The van der Waals surface area contributed by atoms with Crippen LogP contribution in [-0.4, -0.2) is 17.6 Å². The van der Waals surface area contributed by atoms with Crippen molar-refractivity contribution >= 4 is 0 Å². The van der Waals surface area contributed by atoms with Crippen molar-refractivity contribution in [1.29, 1.82) is 0 Å². The number of hydrogen-bond acceptors (Lipinski definition) is 2. The van der Waals surface area contributed by atoms with Gasteiger partial charge in [-0.15, -0.1) is 0 Å². The third-order valence-corrected chi connectivity index (χ3v) is 3.36. The normalized spacial score (nSPS) is 14.5. The number of pyridine rings is 1. The lowest BCUT2D eigenvalue weighted by Crippen LogP contribution is -2.35. The Kier molecular flexibility index (Phi) is 6.87. The van der Waals surface area contributed by atoms with Gasteiger partial charge in [0.1, 0.15) is 0 Å². The van der Waals surface area contributed by atoms with Crippen molar-refractivity contribution in [2.75, 3.05) is 6.54 Å². The summed E-state index contributed by atoms with van der Waals surface area (Å²) in [5.74, 6) is 0.761. The van der Waals surface area contributed by atoms with Gasteiger partial charge in [-0.3, -0.25) is 4.98 Å². The van der Waals surface area contributed by atoms with Gasteiger partial charge < -0.3 is 5.32 Å². The van der Waals surface area contributed by atoms with E-state index in [1.165, 1.54) is 24.8 Å². The summed E-state index contributed by atoms with van der Waals surface area (Å²) in [6.45, 7) is 7.88. The lowest BCUT2D eigenvalue weighted by molar-refractivity contribution is 0.342. The quantitative estimate of drug-likeness (QED) is 0.745. The van der Waals surface area contributed by atoms with E-state index in [0.29, 0.717) is 6.04 Å². The molecule has 2 unspecified atom stereocenters. The molecule has 0 amide bonds. The van der Waals surface area contributed by atoms with Gasteiger partial charge in [0.2, 0.25) is 0 Å².